The SMILES string of the molecule is CC(C)(N)CNC(=O)CN1c2cccc3cccc(c23)S1(=O)=O. The van der Waals surface area contributed by atoms with Gasteiger partial charge in [-0.1, -0.05) is 24.3 Å². The molecule has 2 aromatic rings. The number of sulfonamides is 1. The van der Waals surface area contributed by atoms with Crippen LogP contribution < -0.4 is 15.4 Å². The molecule has 0 fully saturated rings. The molecule has 122 valence electrons. The summed E-state index contributed by atoms with van der Waals surface area (Å²) in [5.41, 5.74) is 5.82. The van der Waals surface area contributed by atoms with Crippen LogP contribution in [0.3, 0.4) is 0 Å². The van der Waals surface area contributed by atoms with Gasteiger partial charge in [-0.25, -0.2) is 8.42 Å². The Morgan fingerprint density at radius 1 is 1.22 bits per heavy atom. The third kappa shape index (κ3) is 2.77. The molecule has 6 nitrogen and oxygen atoms in total. The number of amides is 1. The largest absolute Gasteiger partial charge is 0.353 e. The van der Waals surface area contributed by atoms with Gasteiger partial charge in [0.25, 0.3) is 10.0 Å². The van der Waals surface area contributed by atoms with Crippen LogP contribution in [0.4, 0.5) is 5.69 Å². The predicted octanol–water partition coefficient (Wildman–Crippen LogP) is 1.20. The minimum atomic E-state index is -3.71. The molecule has 0 aliphatic carbocycles. The van der Waals surface area contributed by atoms with Gasteiger partial charge in [-0.2, -0.15) is 0 Å². The van der Waals surface area contributed by atoms with E-state index in [2.05, 4.69) is 5.32 Å². The Kier molecular flexibility index (Phi) is 3.57. The summed E-state index contributed by atoms with van der Waals surface area (Å²) in [4.78, 5) is 12.4. The van der Waals surface area contributed by atoms with Gasteiger partial charge in [0.05, 0.1) is 10.6 Å². The maximum absolute atomic E-state index is 12.7. The van der Waals surface area contributed by atoms with Crippen molar-refractivity contribution in [3.05, 3.63) is 36.4 Å². The van der Waals surface area contributed by atoms with Gasteiger partial charge in [-0.15, -0.1) is 0 Å². The number of rotatable bonds is 4. The topological polar surface area (TPSA) is 92.5 Å². The number of hydrogen-bond donors (Lipinski definition) is 2. The maximum atomic E-state index is 12.7. The van der Waals surface area contributed by atoms with Gasteiger partial charge in [0.15, 0.2) is 0 Å². The first kappa shape index (κ1) is 15.8. The van der Waals surface area contributed by atoms with E-state index in [1.54, 1.807) is 38.1 Å². The van der Waals surface area contributed by atoms with Crippen LogP contribution in [0.15, 0.2) is 41.3 Å². The van der Waals surface area contributed by atoms with Crippen molar-refractivity contribution in [2.45, 2.75) is 24.3 Å². The molecule has 1 aliphatic heterocycles. The summed E-state index contributed by atoms with van der Waals surface area (Å²) < 4.78 is 26.6. The maximum Gasteiger partial charge on any atom is 0.265 e. The summed E-state index contributed by atoms with van der Waals surface area (Å²) in [5, 5.41) is 4.19. The second kappa shape index (κ2) is 5.21. The molecular formula is C16H19N3O3S. The fraction of sp³-hybridized carbons (Fsp3) is 0.312. The van der Waals surface area contributed by atoms with Gasteiger partial charge < -0.3 is 11.1 Å². The number of carbonyl (C=O) groups is 1. The lowest BCUT2D eigenvalue weighted by atomic mass is 10.1. The van der Waals surface area contributed by atoms with Crippen molar-refractivity contribution >= 4 is 32.4 Å². The number of nitrogens with one attached hydrogen (secondary N) is 1. The number of nitrogens with two attached hydrogens (primary N) is 1. The van der Waals surface area contributed by atoms with E-state index in [1.165, 1.54) is 0 Å². The molecule has 0 atom stereocenters. The van der Waals surface area contributed by atoms with Gasteiger partial charge >= 0.3 is 0 Å². The molecule has 0 unspecified atom stereocenters. The van der Waals surface area contributed by atoms with Crippen LogP contribution in [-0.4, -0.2) is 33.0 Å². The molecular weight excluding hydrogens is 314 g/mol. The van der Waals surface area contributed by atoms with E-state index >= 15 is 0 Å². The van der Waals surface area contributed by atoms with E-state index in [9.17, 15) is 13.2 Å². The molecule has 7 heteroatoms. The first-order chi connectivity index (χ1) is 10.7. The second-order valence-electron chi connectivity index (χ2n) is 6.41. The van der Waals surface area contributed by atoms with E-state index in [0.717, 1.165) is 9.69 Å². The molecule has 0 saturated carbocycles. The number of hydrogen-bond acceptors (Lipinski definition) is 4. The van der Waals surface area contributed by atoms with Gasteiger partial charge in [0.1, 0.15) is 6.54 Å². The van der Waals surface area contributed by atoms with Crippen molar-refractivity contribution in [1.82, 2.24) is 5.32 Å². The lowest BCUT2D eigenvalue weighted by Crippen LogP contribution is -2.48. The molecule has 0 aromatic heterocycles. The lowest BCUT2D eigenvalue weighted by molar-refractivity contribution is -0.119. The minimum absolute atomic E-state index is 0.248. The fourth-order valence-electron chi connectivity index (χ4n) is 2.64. The first-order valence-corrected chi connectivity index (χ1v) is 8.74. The lowest BCUT2D eigenvalue weighted by Gasteiger charge is -2.22. The summed E-state index contributed by atoms with van der Waals surface area (Å²) in [6.45, 7) is 3.59. The molecule has 23 heavy (non-hydrogen) atoms. The Labute approximate surface area is 135 Å². The fourth-order valence-corrected chi connectivity index (χ4v) is 4.31. The van der Waals surface area contributed by atoms with E-state index in [-0.39, 0.29) is 23.9 Å². The van der Waals surface area contributed by atoms with Crippen LogP contribution in [0.1, 0.15) is 13.8 Å². The molecule has 1 heterocycles. The predicted molar refractivity (Wildman–Crippen MR) is 89.8 cm³/mol. The van der Waals surface area contributed by atoms with Crippen molar-refractivity contribution < 1.29 is 13.2 Å². The summed E-state index contributed by atoms with van der Waals surface area (Å²) in [6, 6.07) is 10.5. The van der Waals surface area contributed by atoms with E-state index in [0.29, 0.717) is 11.1 Å². The second-order valence-corrected chi connectivity index (χ2v) is 8.24. The van der Waals surface area contributed by atoms with Gasteiger partial charge in [0.2, 0.25) is 5.91 Å². The zero-order valence-corrected chi connectivity index (χ0v) is 13.9. The monoisotopic (exact) mass is 333 g/mol. The number of benzene rings is 2. The van der Waals surface area contributed by atoms with Crippen LogP contribution in [0, 0.1) is 0 Å². The molecule has 2 aromatic carbocycles. The Morgan fingerprint density at radius 3 is 2.52 bits per heavy atom. The van der Waals surface area contributed by atoms with Gasteiger partial charge in [-0.05, 0) is 31.4 Å². The Bertz CT molecular complexity index is 880. The molecule has 0 saturated heterocycles. The molecule has 0 radical (unpaired) electrons. The van der Waals surface area contributed by atoms with E-state index in [1.807, 2.05) is 12.1 Å². The van der Waals surface area contributed by atoms with Crippen LogP contribution in [-0.2, 0) is 14.8 Å². The Hall–Kier alpha value is -2.12. The molecule has 1 amide bonds. The summed E-state index contributed by atoms with van der Waals surface area (Å²) in [6.07, 6.45) is 0. The van der Waals surface area contributed by atoms with E-state index < -0.39 is 15.6 Å². The van der Waals surface area contributed by atoms with Crippen molar-refractivity contribution in [3.63, 3.8) is 0 Å². The van der Waals surface area contributed by atoms with Gasteiger partial charge in [0, 0.05) is 17.5 Å². The average molecular weight is 333 g/mol. The number of carbonyl (C=O) groups excluding carboxylic acids is 1. The Balaban J connectivity index is 1.93. The molecule has 1 aliphatic rings. The summed E-state index contributed by atoms with van der Waals surface area (Å²) >= 11 is 0. The van der Waals surface area contributed by atoms with Crippen molar-refractivity contribution in [1.29, 1.82) is 0 Å². The van der Waals surface area contributed by atoms with Crippen molar-refractivity contribution in [2.24, 2.45) is 5.73 Å². The molecule has 0 spiro atoms. The summed E-state index contributed by atoms with van der Waals surface area (Å²) in [7, 11) is -3.71. The highest BCUT2D eigenvalue weighted by atomic mass is 32.2. The highest BCUT2D eigenvalue weighted by Crippen LogP contribution is 2.41. The smallest absolute Gasteiger partial charge is 0.265 e. The van der Waals surface area contributed by atoms with Crippen molar-refractivity contribution in [3.8, 4) is 0 Å². The van der Waals surface area contributed by atoms with Crippen LogP contribution >= 0.6 is 0 Å². The zero-order chi connectivity index (χ0) is 16.8. The van der Waals surface area contributed by atoms with Crippen LogP contribution in [0.25, 0.3) is 10.8 Å². The van der Waals surface area contributed by atoms with Crippen LogP contribution in [0.2, 0.25) is 0 Å². The van der Waals surface area contributed by atoms with Crippen LogP contribution in [0.5, 0.6) is 0 Å². The number of nitrogens with zero attached hydrogens (tertiary/aromatic N) is 1. The Morgan fingerprint density at radius 2 is 1.87 bits per heavy atom. The third-order valence-corrected chi connectivity index (χ3v) is 5.51. The average Bonchev–Trinajstić information content (AvgIpc) is 2.68. The molecule has 0 bridgehead atoms. The van der Waals surface area contributed by atoms with Crippen molar-refractivity contribution in [2.75, 3.05) is 17.4 Å². The molecule has 3 N–H and O–H groups in total. The standard InChI is InChI=1S/C16H19N3O3S/c1-16(2,17)10-18-14(20)9-19-12-7-3-5-11-6-4-8-13(15(11)12)23(19,21)22/h3-8H,9-10,17H2,1-2H3,(H,18,20). The number of anilines is 1. The third-order valence-electron chi connectivity index (χ3n) is 3.71. The van der Waals surface area contributed by atoms with E-state index in [4.69, 9.17) is 5.73 Å². The zero-order valence-electron chi connectivity index (χ0n) is 13.0. The summed E-state index contributed by atoms with van der Waals surface area (Å²) in [5.74, 6) is -0.378. The first-order valence-electron chi connectivity index (χ1n) is 7.30. The highest BCUT2D eigenvalue weighted by molar-refractivity contribution is 7.93. The highest BCUT2D eigenvalue weighted by Gasteiger charge is 2.36. The quantitative estimate of drug-likeness (QED) is 0.879. The van der Waals surface area contributed by atoms with Gasteiger partial charge in [-0.3, -0.25) is 9.10 Å². The minimum Gasteiger partial charge on any atom is -0.353 e. The molecule has 3 rings (SSSR count). The normalized spacial score (nSPS) is 15.9.